The Labute approximate surface area is 136 Å². The van der Waals surface area contributed by atoms with Crippen LogP contribution in [-0.2, 0) is 20.7 Å². The molecule has 0 saturated carbocycles. The van der Waals surface area contributed by atoms with Crippen molar-refractivity contribution >= 4 is 5.91 Å². The van der Waals surface area contributed by atoms with Crippen molar-refractivity contribution < 1.29 is 18.7 Å². The summed E-state index contributed by atoms with van der Waals surface area (Å²) in [6, 6.07) is 6.15. The summed E-state index contributed by atoms with van der Waals surface area (Å²) in [7, 11) is 1.71. The molecule has 0 N–H and O–H groups in total. The maximum Gasteiger partial charge on any atom is 0.227 e. The van der Waals surface area contributed by atoms with E-state index in [0.29, 0.717) is 19.6 Å². The van der Waals surface area contributed by atoms with Crippen molar-refractivity contribution in [3.8, 4) is 0 Å². The molecule has 2 heterocycles. The van der Waals surface area contributed by atoms with Gasteiger partial charge >= 0.3 is 0 Å². The monoisotopic (exact) mass is 321 g/mol. The number of halogens is 1. The van der Waals surface area contributed by atoms with E-state index in [9.17, 15) is 9.18 Å². The molecule has 2 saturated heterocycles. The Hall–Kier alpha value is -1.46. The first kappa shape index (κ1) is 16.4. The number of piperidine rings is 1. The Balaban J connectivity index is 1.68. The molecule has 1 aromatic rings. The number of hydrogen-bond acceptors (Lipinski definition) is 3. The average Bonchev–Trinajstić information content (AvgIpc) is 2.56. The number of methoxy groups -OCH3 is 1. The predicted octanol–water partition coefficient (Wildman–Crippen LogP) is 2.41. The highest BCUT2D eigenvalue weighted by molar-refractivity contribution is 5.79. The van der Waals surface area contributed by atoms with Crippen LogP contribution in [0.25, 0.3) is 0 Å². The Bertz CT molecular complexity index is 544. The number of benzene rings is 1. The molecular formula is C18H24FNO3. The van der Waals surface area contributed by atoms with Gasteiger partial charge in [-0.05, 0) is 37.0 Å². The van der Waals surface area contributed by atoms with Gasteiger partial charge in [0.1, 0.15) is 5.82 Å². The number of amides is 1. The third-order valence-corrected chi connectivity index (χ3v) is 5.04. The molecule has 2 atom stereocenters. The highest BCUT2D eigenvalue weighted by Gasteiger charge is 2.46. The van der Waals surface area contributed by atoms with Crippen LogP contribution in [0.4, 0.5) is 4.39 Å². The molecule has 0 aliphatic carbocycles. The van der Waals surface area contributed by atoms with Gasteiger partial charge in [-0.15, -0.1) is 0 Å². The second-order valence-corrected chi connectivity index (χ2v) is 6.67. The van der Waals surface area contributed by atoms with E-state index in [0.717, 1.165) is 38.0 Å². The molecular weight excluding hydrogens is 297 g/mol. The van der Waals surface area contributed by atoms with Crippen LogP contribution in [0.15, 0.2) is 24.3 Å². The van der Waals surface area contributed by atoms with Gasteiger partial charge < -0.3 is 14.4 Å². The van der Waals surface area contributed by atoms with Crippen molar-refractivity contribution in [1.29, 1.82) is 0 Å². The Morgan fingerprint density at radius 1 is 1.43 bits per heavy atom. The first-order chi connectivity index (χ1) is 11.1. The first-order valence-electron chi connectivity index (χ1n) is 8.26. The largest absolute Gasteiger partial charge is 0.384 e. The molecule has 3 rings (SSSR count). The van der Waals surface area contributed by atoms with E-state index in [1.807, 2.05) is 4.90 Å². The smallest absolute Gasteiger partial charge is 0.227 e. The van der Waals surface area contributed by atoms with E-state index in [4.69, 9.17) is 9.47 Å². The van der Waals surface area contributed by atoms with Gasteiger partial charge in [0.05, 0.1) is 19.1 Å². The van der Waals surface area contributed by atoms with E-state index in [1.54, 1.807) is 19.2 Å². The Kier molecular flexibility index (Phi) is 4.97. The highest BCUT2D eigenvalue weighted by Crippen LogP contribution is 2.40. The number of likely N-dealkylation sites (tertiary alicyclic amines) is 1. The van der Waals surface area contributed by atoms with Crippen LogP contribution < -0.4 is 0 Å². The van der Waals surface area contributed by atoms with Gasteiger partial charge in [-0.25, -0.2) is 4.39 Å². The standard InChI is InChI=1S/C18H24FNO3/c1-22-13-18-8-2-10-23-16(18)7-9-20(12-18)17(21)11-14-3-5-15(19)6-4-14/h3-6,16H,2,7-13H2,1H3/t16-,18-/m0/s1. The molecule has 0 unspecified atom stereocenters. The minimum absolute atomic E-state index is 0.0797. The zero-order valence-corrected chi connectivity index (χ0v) is 13.6. The average molecular weight is 321 g/mol. The zero-order chi connectivity index (χ0) is 16.3. The third kappa shape index (κ3) is 3.56. The summed E-state index contributed by atoms with van der Waals surface area (Å²) in [5.41, 5.74) is 0.767. The molecule has 0 aromatic heterocycles. The van der Waals surface area contributed by atoms with Crippen LogP contribution in [0.2, 0.25) is 0 Å². The number of rotatable bonds is 4. The van der Waals surface area contributed by atoms with Crippen LogP contribution in [-0.4, -0.2) is 50.3 Å². The lowest BCUT2D eigenvalue weighted by Gasteiger charge is -2.50. The topological polar surface area (TPSA) is 38.8 Å². The molecule has 0 bridgehead atoms. The molecule has 2 fully saturated rings. The van der Waals surface area contributed by atoms with Crippen molar-refractivity contribution in [3.05, 3.63) is 35.6 Å². The number of ether oxygens (including phenoxy) is 2. The number of fused-ring (bicyclic) bond motifs is 1. The highest BCUT2D eigenvalue weighted by atomic mass is 19.1. The van der Waals surface area contributed by atoms with Gasteiger partial charge in [-0.3, -0.25) is 4.79 Å². The van der Waals surface area contributed by atoms with Gasteiger partial charge in [0.25, 0.3) is 0 Å². The van der Waals surface area contributed by atoms with Gasteiger partial charge in [0, 0.05) is 32.2 Å². The fourth-order valence-corrected chi connectivity index (χ4v) is 3.89. The SMILES string of the molecule is COC[C@@]12CCCO[C@H]1CCN(C(=O)Cc1ccc(F)cc1)C2. The molecule has 1 aromatic carbocycles. The molecule has 0 spiro atoms. The Morgan fingerprint density at radius 3 is 2.96 bits per heavy atom. The van der Waals surface area contributed by atoms with Crippen molar-refractivity contribution in [2.24, 2.45) is 5.41 Å². The molecule has 23 heavy (non-hydrogen) atoms. The van der Waals surface area contributed by atoms with Crippen LogP contribution in [0.5, 0.6) is 0 Å². The zero-order valence-electron chi connectivity index (χ0n) is 13.6. The summed E-state index contributed by atoms with van der Waals surface area (Å²) in [4.78, 5) is 14.5. The Morgan fingerprint density at radius 2 is 2.22 bits per heavy atom. The summed E-state index contributed by atoms with van der Waals surface area (Å²) in [5, 5.41) is 0. The van der Waals surface area contributed by atoms with Crippen molar-refractivity contribution in [2.75, 3.05) is 33.4 Å². The maximum absolute atomic E-state index is 13.0. The van der Waals surface area contributed by atoms with Crippen LogP contribution >= 0.6 is 0 Å². The molecule has 126 valence electrons. The first-order valence-corrected chi connectivity index (χ1v) is 8.26. The number of carbonyl (C=O) groups excluding carboxylic acids is 1. The van der Waals surface area contributed by atoms with Gasteiger partial charge in [0.2, 0.25) is 5.91 Å². The van der Waals surface area contributed by atoms with Crippen LogP contribution in [0.1, 0.15) is 24.8 Å². The number of nitrogens with zero attached hydrogens (tertiary/aromatic N) is 1. The van der Waals surface area contributed by atoms with Crippen LogP contribution in [0, 0.1) is 11.2 Å². The molecule has 2 aliphatic rings. The second kappa shape index (κ2) is 6.97. The molecule has 4 nitrogen and oxygen atoms in total. The number of hydrogen-bond donors (Lipinski definition) is 0. The van der Waals surface area contributed by atoms with Gasteiger partial charge in [0.15, 0.2) is 0 Å². The van der Waals surface area contributed by atoms with Crippen LogP contribution in [0.3, 0.4) is 0 Å². The lowest BCUT2D eigenvalue weighted by atomic mass is 9.73. The van der Waals surface area contributed by atoms with E-state index < -0.39 is 0 Å². The second-order valence-electron chi connectivity index (χ2n) is 6.67. The maximum atomic E-state index is 13.0. The summed E-state index contributed by atoms with van der Waals surface area (Å²) in [6.45, 7) is 2.83. The van der Waals surface area contributed by atoms with Crippen molar-refractivity contribution in [1.82, 2.24) is 4.90 Å². The fraction of sp³-hybridized carbons (Fsp3) is 0.611. The minimum atomic E-state index is -0.277. The van der Waals surface area contributed by atoms with E-state index in [1.165, 1.54) is 12.1 Å². The van der Waals surface area contributed by atoms with E-state index in [-0.39, 0.29) is 23.2 Å². The fourth-order valence-electron chi connectivity index (χ4n) is 3.89. The molecule has 1 amide bonds. The molecule has 5 heteroatoms. The normalized spacial score (nSPS) is 27.6. The third-order valence-electron chi connectivity index (χ3n) is 5.04. The lowest BCUT2D eigenvalue weighted by Crippen LogP contribution is -2.58. The van der Waals surface area contributed by atoms with Gasteiger partial charge in [-0.2, -0.15) is 0 Å². The minimum Gasteiger partial charge on any atom is -0.384 e. The summed E-state index contributed by atoms with van der Waals surface area (Å²) in [6.07, 6.45) is 3.41. The van der Waals surface area contributed by atoms with Crippen molar-refractivity contribution in [3.63, 3.8) is 0 Å². The summed E-state index contributed by atoms with van der Waals surface area (Å²) >= 11 is 0. The quantitative estimate of drug-likeness (QED) is 0.855. The van der Waals surface area contributed by atoms with E-state index >= 15 is 0 Å². The predicted molar refractivity (Wildman–Crippen MR) is 84.6 cm³/mol. The number of carbonyl (C=O) groups is 1. The summed E-state index contributed by atoms with van der Waals surface area (Å²) < 4.78 is 24.4. The van der Waals surface area contributed by atoms with Gasteiger partial charge in [-0.1, -0.05) is 12.1 Å². The molecule has 0 radical (unpaired) electrons. The van der Waals surface area contributed by atoms with E-state index in [2.05, 4.69) is 0 Å². The summed E-state index contributed by atoms with van der Waals surface area (Å²) in [5.74, 6) is -0.184. The lowest BCUT2D eigenvalue weighted by molar-refractivity contribution is -0.161. The molecule has 2 aliphatic heterocycles. The van der Waals surface area contributed by atoms with Crippen molar-refractivity contribution in [2.45, 2.75) is 31.8 Å².